The Hall–Kier alpha value is -1.46. The molecule has 0 saturated carbocycles. The largest absolute Gasteiger partial charge is 0.469 e. The van der Waals surface area contributed by atoms with E-state index in [2.05, 4.69) is 4.74 Å². The summed E-state index contributed by atoms with van der Waals surface area (Å²) in [4.78, 5) is 23.0. The number of Topliss-reactive ketones (excluding diaryl/α,β-unsaturated/α-hetero) is 1. The zero-order chi connectivity index (χ0) is 16.5. The molecule has 1 saturated heterocycles. The van der Waals surface area contributed by atoms with Crippen LogP contribution in [0.3, 0.4) is 0 Å². The smallest absolute Gasteiger partial charge is 0.305 e. The van der Waals surface area contributed by atoms with Crippen molar-refractivity contribution in [2.45, 2.75) is 63.8 Å². The highest BCUT2D eigenvalue weighted by atomic mass is 16.7. The zero-order valence-electron chi connectivity index (χ0n) is 13.8. The van der Waals surface area contributed by atoms with Crippen LogP contribution < -0.4 is 0 Å². The molecule has 0 amide bonds. The summed E-state index contributed by atoms with van der Waals surface area (Å²) in [5.41, 5.74) is 0.815. The van der Waals surface area contributed by atoms with Gasteiger partial charge in [-0.1, -0.05) is 12.2 Å². The van der Waals surface area contributed by atoms with Crippen molar-refractivity contribution in [3.05, 3.63) is 23.8 Å². The first kappa shape index (κ1) is 17.9. The summed E-state index contributed by atoms with van der Waals surface area (Å²) in [7, 11) is 1.40. The number of hydrogen-bond donors (Lipinski definition) is 0. The van der Waals surface area contributed by atoms with Crippen molar-refractivity contribution in [2.75, 3.05) is 13.7 Å². The highest BCUT2D eigenvalue weighted by Crippen LogP contribution is 2.24. The van der Waals surface area contributed by atoms with Crippen LogP contribution in [0.2, 0.25) is 0 Å². The van der Waals surface area contributed by atoms with E-state index in [-0.39, 0.29) is 24.1 Å². The van der Waals surface area contributed by atoms with Crippen molar-refractivity contribution in [3.8, 4) is 0 Å². The number of carbonyl (C=O) groups is 2. The van der Waals surface area contributed by atoms with E-state index in [1.54, 1.807) is 0 Å². The van der Waals surface area contributed by atoms with Crippen molar-refractivity contribution in [1.29, 1.82) is 0 Å². The molecule has 0 aromatic heterocycles. The van der Waals surface area contributed by atoms with Crippen molar-refractivity contribution in [2.24, 2.45) is 0 Å². The molecule has 1 aliphatic heterocycles. The van der Waals surface area contributed by atoms with E-state index in [0.717, 1.165) is 44.3 Å². The van der Waals surface area contributed by atoms with Gasteiger partial charge in [-0.25, -0.2) is 0 Å². The van der Waals surface area contributed by atoms with Gasteiger partial charge in [0, 0.05) is 19.4 Å². The van der Waals surface area contributed by atoms with E-state index < -0.39 is 0 Å². The van der Waals surface area contributed by atoms with E-state index >= 15 is 0 Å². The predicted molar refractivity (Wildman–Crippen MR) is 85.8 cm³/mol. The van der Waals surface area contributed by atoms with Crippen LogP contribution in [0, 0.1) is 0 Å². The van der Waals surface area contributed by atoms with Crippen LogP contribution in [0.4, 0.5) is 0 Å². The Kier molecular flexibility index (Phi) is 7.49. The van der Waals surface area contributed by atoms with Gasteiger partial charge in [0.15, 0.2) is 12.1 Å². The lowest BCUT2D eigenvalue weighted by atomic mass is 10.1. The minimum absolute atomic E-state index is 0.145. The van der Waals surface area contributed by atoms with Gasteiger partial charge < -0.3 is 14.2 Å². The molecular weight excluding hydrogens is 296 g/mol. The fraction of sp³-hybridized carbons (Fsp3) is 0.667. The SMILES string of the molecule is COC(=O)CCC/C=C\CC1=C[C@@H](OC2CCCCO2)CC1=O. The zero-order valence-corrected chi connectivity index (χ0v) is 13.8. The summed E-state index contributed by atoms with van der Waals surface area (Å²) < 4.78 is 16.0. The van der Waals surface area contributed by atoms with Crippen LogP contribution in [0.25, 0.3) is 0 Å². The standard InChI is InChI=1S/C18H26O5/c1-21-17(20)9-5-3-2-4-8-14-12-15(13-16(14)19)23-18-10-6-7-11-22-18/h2,4,12,15,18H,3,5-11,13H2,1H3/b4-2-/t15-,18?/m1/s1. The van der Waals surface area contributed by atoms with Crippen LogP contribution in [0.1, 0.15) is 51.4 Å². The van der Waals surface area contributed by atoms with Gasteiger partial charge in [-0.2, -0.15) is 0 Å². The lowest BCUT2D eigenvalue weighted by molar-refractivity contribution is -0.178. The Morgan fingerprint density at radius 1 is 1.39 bits per heavy atom. The first-order chi connectivity index (χ1) is 11.2. The maximum absolute atomic E-state index is 12.0. The van der Waals surface area contributed by atoms with Gasteiger partial charge in [0.25, 0.3) is 0 Å². The van der Waals surface area contributed by atoms with Crippen molar-refractivity contribution >= 4 is 11.8 Å². The molecular formula is C18H26O5. The number of ketones is 1. The highest BCUT2D eigenvalue weighted by Gasteiger charge is 2.27. The first-order valence-corrected chi connectivity index (χ1v) is 8.42. The Balaban J connectivity index is 1.68. The minimum atomic E-state index is -0.183. The van der Waals surface area contributed by atoms with Gasteiger partial charge in [0.2, 0.25) is 0 Å². The topological polar surface area (TPSA) is 61.8 Å². The predicted octanol–water partition coefficient (Wildman–Crippen LogP) is 3.09. The number of carbonyl (C=O) groups excluding carboxylic acids is 2. The molecule has 2 atom stereocenters. The second-order valence-electron chi connectivity index (χ2n) is 5.93. The van der Waals surface area contributed by atoms with Crippen LogP contribution >= 0.6 is 0 Å². The lowest BCUT2D eigenvalue weighted by Crippen LogP contribution is -2.26. The molecule has 0 spiro atoms. The third-order valence-corrected chi connectivity index (χ3v) is 4.08. The molecule has 128 valence electrons. The summed E-state index contributed by atoms with van der Waals surface area (Å²) in [6.45, 7) is 0.746. The highest BCUT2D eigenvalue weighted by molar-refractivity contribution is 5.98. The quantitative estimate of drug-likeness (QED) is 0.390. The number of hydrogen-bond acceptors (Lipinski definition) is 5. The monoisotopic (exact) mass is 322 g/mol. The van der Waals surface area contributed by atoms with E-state index in [9.17, 15) is 9.59 Å². The molecule has 23 heavy (non-hydrogen) atoms. The molecule has 5 nitrogen and oxygen atoms in total. The number of methoxy groups -OCH3 is 1. The average molecular weight is 322 g/mol. The second kappa shape index (κ2) is 9.63. The van der Waals surface area contributed by atoms with Gasteiger partial charge in [0.1, 0.15) is 0 Å². The number of esters is 1. The minimum Gasteiger partial charge on any atom is -0.469 e. The first-order valence-electron chi connectivity index (χ1n) is 8.42. The Labute approximate surface area is 137 Å². The number of rotatable bonds is 8. The summed E-state index contributed by atoms with van der Waals surface area (Å²) in [6, 6.07) is 0. The summed E-state index contributed by atoms with van der Waals surface area (Å²) in [5, 5.41) is 0. The molecule has 2 rings (SSSR count). The van der Waals surface area contributed by atoms with Crippen LogP contribution in [0.15, 0.2) is 23.8 Å². The molecule has 2 aliphatic rings. The van der Waals surface area contributed by atoms with E-state index in [4.69, 9.17) is 9.47 Å². The molecule has 0 bridgehead atoms. The van der Waals surface area contributed by atoms with E-state index in [1.807, 2.05) is 18.2 Å². The van der Waals surface area contributed by atoms with Crippen molar-refractivity contribution in [3.63, 3.8) is 0 Å². The summed E-state index contributed by atoms with van der Waals surface area (Å²) in [6.07, 6.45) is 11.8. The van der Waals surface area contributed by atoms with Gasteiger partial charge in [-0.05, 0) is 50.2 Å². The Morgan fingerprint density at radius 2 is 2.26 bits per heavy atom. The second-order valence-corrected chi connectivity index (χ2v) is 5.93. The number of ether oxygens (including phenoxy) is 3. The molecule has 1 unspecified atom stereocenters. The normalized spacial score (nSPS) is 24.9. The molecule has 0 radical (unpaired) electrons. The van der Waals surface area contributed by atoms with E-state index in [1.165, 1.54) is 7.11 Å². The molecule has 1 heterocycles. The van der Waals surface area contributed by atoms with Crippen LogP contribution in [-0.4, -0.2) is 37.9 Å². The summed E-state index contributed by atoms with van der Waals surface area (Å²) in [5.74, 6) is -0.0259. The third-order valence-electron chi connectivity index (χ3n) is 4.08. The van der Waals surface area contributed by atoms with Gasteiger partial charge in [-0.3, -0.25) is 9.59 Å². The lowest BCUT2D eigenvalue weighted by Gasteiger charge is -2.24. The van der Waals surface area contributed by atoms with E-state index in [0.29, 0.717) is 19.3 Å². The fourth-order valence-corrected chi connectivity index (χ4v) is 2.77. The van der Waals surface area contributed by atoms with Gasteiger partial charge in [-0.15, -0.1) is 0 Å². The number of allylic oxidation sites excluding steroid dienone is 3. The molecule has 0 aromatic rings. The van der Waals surface area contributed by atoms with Gasteiger partial charge >= 0.3 is 5.97 Å². The van der Waals surface area contributed by atoms with Crippen molar-refractivity contribution in [1.82, 2.24) is 0 Å². The third kappa shape index (κ3) is 6.28. The van der Waals surface area contributed by atoms with Crippen LogP contribution in [0.5, 0.6) is 0 Å². The maximum Gasteiger partial charge on any atom is 0.305 e. The number of unbranched alkanes of at least 4 members (excludes halogenated alkanes) is 1. The Bertz CT molecular complexity index is 460. The summed E-state index contributed by atoms with van der Waals surface area (Å²) >= 11 is 0. The molecule has 5 heteroatoms. The average Bonchev–Trinajstić information content (AvgIpc) is 2.91. The van der Waals surface area contributed by atoms with Gasteiger partial charge in [0.05, 0.1) is 13.2 Å². The van der Waals surface area contributed by atoms with Crippen LogP contribution in [-0.2, 0) is 23.8 Å². The Morgan fingerprint density at radius 3 is 3.00 bits per heavy atom. The molecule has 1 aliphatic carbocycles. The molecule has 0 aromatic carbocycles. The van der Waals surface area contributed by atoms with Crippen molar-refractivity contribution < 1.29 is 23.8 Å². The fourth-order valence-electron chi connectivity index (χ4n) is 2.77. The maximum atomic E-state index is 12.0. The molecule has 1 fully saturated rings. The molecule has 0 N–H and O–H groups in total.